The van der Waals surface area contributed by atoms with Crippen LogP contribution in [0, 0.1) is 5.92 Å². The van der Waals surface area contributed by atoms with E-state index in [1.807, 2.05) is 0 Å². The van der Waals surface area contributed by atoms with Crippen molar-refractivity contribution < 1.29 is 13.2 Å². The summed E-state index contributed by atoms with van der Waals surface area (Å²) in [5.41, 5.74) is 0. The second-order valence-corrected chi connectivity index (χ2v) is 10.1. The summed E-state index contributed by atoms with van der Waals surface area (Å²) in [6.45, 7) is 7.38. The minimum absolute atomic E-state index is 0.0982. The van der Waals surface area contributed by atoms with Crippen LogP contribution < -0.4 is 0 Å². The Balaban J connectivity index is 2.42. The topological polar surface area (TPSA) is 54.5 Å². The fourth-order valence-electron chi connectivity index (χ4n) is 2.17. The zero-order valence-corrected chi connectivity index (χ0v) is 13.9. The van der Waals surface area contributed by atoms with Gasteiger partial charge in [0.1, 0.15) is 5.78 Å². The minimum Gasteiger partial charge on any atom is -0.299 e. The molecule has 0 aromatic carbocycles. The van der Waals surface area contributed by atoms with Crippen molar-refractivity contribution in [2.75, 3.05) is 25.1 Å². The highest BCUT2D eigenvalue weighted by Crippen LogP contribution is 2.26. The van der Waals surface area contributed by atoms with Crippen molar-refractivity contribution in [1.29, 1.82) is 0 Å². The van der Waals surface area contributed by atoms with E-state index in [0.717, 1.165) is 12.8 Å². The molecule has 1 aliphatic heterocycles. The van der Waals surface area contributed by atoms with Gasteiger partial charge in [-0.2, -0.15) is 0 Å². The van der Waals surface area contributed by atoms with Crippen LogP contribution in [0.4, 0.5) is 0 Å². The molecule has 0 aromatic heterocycles. The molecule has 1 heterocycles. The highest BCUT2D eigenvalue weighted by molar-refractivity contribution is 8.01. The van der Waals surface area contributed by atoms with Gasteiger partial charge in [0.2, 0.25) is 10.0 Å². The van der Waals surface area contributed by atoms with E-state index >= 15 is 0 Å². The van der Waals surface area contributed by atoms with E-state index < -0.39 is 10.0 Å². The van der Waals surface area contributed by atoms with Gasteiger partial charge in [-0.15, -0.1) is 11.8 Å². The molecular weight excluding hydrogens is 282 g/mol. The number of nitrogens with zero attached hydrogens (tertiary/aromatic N) is 1. The maximum absolute atomic E-state index is 11.9. The Hall–Kier alpha value is -0.0700. The fraction of sp³-hybridized carbons (Fsp3) is 0.923. The van der Waals surface area contributed by atoms with Crippen molar-refractivity contribution in [3.05, 3.63) is 0 Å². The molecule has 1 aliphatic rings. The SMILES string of the molecule is CC(C)(C)SCC(=O)CC1CCCN(S(C)(=O)=O)C1. The fourth-order valence-corrected chi connectivity index (χ4v) is 3.83. The zero-order valence-electron chi connectivity index (χ0n) is 12.3. The summed E-state index contributed by atoms with van der Waals surface area (Å²) in [4.78, 5) is 11.9. The molecule has 0 amide bonds. The maximum Gasteiger partial charge on any atom is 0.211 e. The number of ketones is 1. The van der Waals surface area contributed by atoms with Gasteiger partial charge >= 0.3 is 0 Å². The lowest BCUT2D eigenvalue weighted by Crippen LogP contribution is -2.40. The van der Waals surface area contributed by atoms with Gasteiger partial charge in [0, 0.05) is 24.3 Å². The van der Waals surface area contributed by atoms with Gasteiger partial charge < -0.3 is 0 Å². The molecule has 0 saturated carbocycles. The summed E-state index contributed by atoms with van der Waals surface area (Å²) in [6, 6.07) is 0. The van der Waals surface area contributed by atoms with Crippen molar-refractivity contribution in [3.63, 3.8) is 0 Å². The minimum atomic E-state index is -3.11. The molecule has 1 fully saturated rings. The maximum atomic E-state index is 11.9. The summed E-state index contributed by atoms with van der Waals surface area (Å²) in [5.74, 6) is 0.954. The third-order valence-electron chi connectivity index (χ3n) is 3.13. The lowest BCUT2D eigenvalue weighted by Gasteiger charge is -2.30. The number of Topliss-reactive ketones (excluding diaryl/α,β-unsaturated/α-hetero) is 1. The number of hydrogen-bond donors (Lipinski definition) is 0. The van der Waals surface area contributed by atoms with E-state index in [9.17, 15) is 13.2 Å². The molecular formula is C13H25NO3S2. The van der Waals surface area contributed by atoms with Crippen LogP contribution in [-0.4, -0.2) is 48.4 Å². The first-order chi connectivity index (χ1) is 8.58. The van der Waals surface area contributed by atoms with Gasteiger partial charge in [-0.25, -0.2) is 12.7 Å². The molecule has 0 bridgehead atoms. The predicted octanol–water partition coefficient (Wildman–Crippen LogP) is 2.15. The summed E-state index contributed by atoms with van der Waals surface area (Å²) in [6.07, 6.45) is 3.57. The van der Waals surface area contributed by atoms with Gasteiger partial charge in [-0.3, -0.25) is 4.79 Å². The smallest absolute Gasteiger partial charge is 0.211 e. The zero-order chi connectivity index (χ0) is 14.7. The summed E-state index contributed by atoms with van der Waals surface area (Å²) in [5, 5.41) is 0. The normalized spacial score (nSPS) is 22.4. The standard InChI is InChI=1S/C13H25NO3S2/c1-13(2,3)18-10-12(15)8-11-6-5-7-14(9-11)19(4,16)17/h11H,5-10H2,1-4H3. The number of piperidine rings is 1. The molecule has 1 rings (SSSR count). The molecule has 0 aromatic rings. The van der Waals surface area contributed by atoms with Crippen LogP contribution in [-0.2, 0) is 14.8 Å². The molecule has 19 heavy (non-hydrogen) atoms. The van der Waals surface area contributed by atoms with E-state index in [1.54, 1.807) is 11.8 Å². The molecule has 1 atom stereocenters. The highest BCUT2D eigenvalue weighted by Gasteiger charge is 2.27. The van der Waals surface area contributed by atoms with Crippen LogP contribution in [0.15, 0.2) is 0 Å². The quantitative estimate of drug-likeness (QED) is 0.781. The third-order valence-corrected chi connectivity index (χ3v) is 5.74. The van der Waals surface area contributed by atoms with Crippen LogP contribution in [0.25, 0.3) is 0 Å². The van der Waals surface area contributed by atoms with Crippen LogP contribution in [0.5, 0.6) is 0 Å². The molecule has 6 heteroatoms. The molecule has 1 unspecified atom stereocenters. The summed E-state index contributed by atoms with van der Waals surface area (Å²) in [7, 11) is -3.11. The number of hydrogen-bond acceptors (Lipinski definition) is 4. The van der Waals surface area contributed by atoms with Crippen LogP contribution in [0.2, 0.25) is 0 Å². The Bertz CT molecular complexity index is 412. The number of thioether (sulfide) groups is 1. The monoisotopic (exact) mass is 307 g/mol. The van der Waals surface area contributed by atoms with Crippen molar-refractivity contribution in [2.24, 2.45) is 5.92 Å². The Kier molecular flexibility index (Phi) is 5.89. The van der Waals surface area contributed by atoms with Crippen LogP contribution in [0.1, 0.15) is 40.0 Å². The molecule has 0 spiro atoms. The average molecular weight is 307 g/mol. The van der Waals surface area contributed by atoms with Gasteiger partial charge in [-0.05, 0) is 18.8 Å². The van der Waals surface area contributed by atoms with Crippen molar-refractivity contribution in [3.8, 4) is 0 Å². The van der Waals surface area contributed by atoms with Crippen molar-refractivity contribution in [1.82, 2.24) is 4.31 Å². The van der Waals surface area contributed by atoms with Gasteiger partial charge in [0.25, 0.3) is 0 Å². The summed E-state index contributed by atoms with van der Waals surface area (Å²) >= 11 is 1.66. The highest BCUT2D eigenvalue weighted by atomic mass is 32.2. The van der Waals surface area contributed by atoms with Gasteiger partial charge in [0.15, 0.2) is 0 Å². The summed E-state index contributed by atoms with van der Waals surface area (Å²) < 4.78 is 24.6. The second kappa shape index (κ2) is 6.59. The molecule has 4 nitrogen and oxygen atoms in total. The second-order valence-electron chi connectivity index (χ2n) is 6.27. The number of rotatable bonds is 5. The van der Waals surface area contributed by atoms with E-state index in [1.165, 1.54) is 10.6 Å². The molecule has 0 radical (unpaired) electrons. The first-order valence-corrected chi connectivity index (χ1v) is 9.52. The van der Waals surface area contributed by atoms with Crippen molar-refractivity contribution >= 4 is 27.6 Å². The molecule has 0 N–H and O–H groups in total. The van der Waals surface area contributed by atoms with E-state index in [0.29, 0.717) is 25.3 Å². The number of carbonyl (C=O) groups is 1. The average Bonchev–Trinajstić information content (AvgIpc) is 2.25. The third kappa shape index (κ3) is 6.77. The van der Waals surface area contributed by atoms with E-state index in [-0.39, 0.29) is 16.4 Å². The van der Waals surface area contributed by atoms with E-state index in [4.69, 9.17) is 0 Å². The molecule has 1 saturated heterocycles. The number of sulfonamides is 1. The molecule has 112 valence electrons. The largest absolute Gasteiger partial charge is 0.299 e. The van der Waals surface area contributed by atoms with E-state index in [2.05, 4.69) is 20.8 Å². The van der Waals surface area contributed by atoms with Gasteiger partial charge in [-0.1, -0.05) is 20.8 Å². The Morgan fingerprint density at radius 3 is 2.53 bits per heavy atom. The van der Waals surface area contributed by atoms with Crippen LogP contribution in [0.3, 0.4) is 0 Å². The number of carbonyl (C=O) groups excluding carboxylic acids is 1. The first-order valence-electron chi connectivity index (χ1n) is 6.69. The van der Waals surface area contributed by atoms with Crippen molar-refractivity contribution in [2.45, 2.75) is 44.8 Å². The Labute approximate surface area is 121 Å². The van der Waals surface area contributed by atoms with Crippen LogP contribution >= 0.6 is 11.8 Å². The lowest BCUT2D eigenvalue weighted by molar-refractivity contribution is -0.117. The lowest BCUT2D eigenvalue weighted by atomic mass is 9.94. The van der Waals surface area contributed by atoms with Gasteiger partial charge in [0.05, 0.1) is 12.0 Å². The predicted molar refractivity (Wildman–Crippen MR) is 81.0 cm³/mol. The Morgan fingerprint density at radius 1 is 1.37 bits per heavy atom. The first kappa shape index (κ1) is 17.0. The Morgan fingerprint density at radius 2 is 2.00 bits per heavy atom. The molecule has 0 aliphatic carbocycles.